The van der Waals surface area contributed by atoms with E-state index in [4.69, 9.17) is 4.74 Å². The number of nitrogens with one attached hydrogen (secondary N) is 3. The lowest BCUT2D eigenvalue weighted by atomic mass is 10.1. The number of carbonyl (C=O) groups is 3. The number of para-hydroxylation sites is 1. The molecule has 8 heteroatoms. The first-order valence-corrected chi connectivity index (χ1v) is 11.0. The average Bonchev–Trinajstić information content (AvgIpc) is 3.42. The molecule has 4 rings (SSSR count). The van der Waals surface area contributed by atoms with Gasteiger partial charge in [-0.15, -0.1) is 0 Å². The monoisotopic (exact) mass is 448 g/mol. The van der Waals surface area contributed by atoms with E-state index >= 15 is 0 Å². The molecule has 172 valence electrons. The van der Waals surface area contributed by atoms with Gasteiger partial charge in [0.15, 0.2) is 0 Å². The molecular weight excluding hydrogens is 420 g/mol. The molecule has 3 amide bonds. The van der Waals surface area contributed by atoms with E-state index in [-0.39, 0.29) is 30.7 Å². The van der Waals surface area contributed by atoms with Crippen molar-refractivity contribution in [1.29, 1.82) is 0 Å². The number of rotatable bonds is 8. The van der Waals surface area contributed by atoms with Crippen molar-refractivity contribution in [1.82, 2.24) is 15.6 Å². The van der Waals surface area contributed by atoms with Gasteiger partial charge in [-0.1, -0.05) is 18.2 Å². The summed E-state index contributed by atoms with van der Waals surface area (Å²) in [4.78, 5) is 42.4. The van der Waals surface area contributed by atoms with Crippen molar-refractivity contribution >= 4 is 34.3 Å². The summed E-state index contributed by atoms with van der Waals surface area (Å²) < 4.78 is 5.14. The van der Waals surface area contributed by atoms with E-state index < -0.39 is 12.0 Å². The van der Waals surface area contributed by atoms with Crippen LogP contribution in [-0.4, -0.2) is 48.9 Å². The molecule has 1 aliphatic heterocycles. The number of carbonyl (C=O) groups excluding carboxylic acids is 3. The molecule has 1 saturated heterocycles. The van der Waals surface area contributed by atoms with Crippen molar-refractivity contribution in [2.24, 2.45) is 5.92 Å². The van der Waals surface area contributed by atoms with Gasteiger partial charge in [-0.05, 0) is 49.2 Å². The Balaban J connectivity index is 1.26. The van der Waals surface area contributed by atoms with Crippen molar-refractivity contribution in [3.63, 3.8) is 0 Å². The summed E-state index contributed by atoms with van der Waals surface area (Å²) in [5, 5.41) is 6.77. The molecule has 1 aromatic heterocycles. The van der Waals surface area contributed by atoms with Crippen LogP contribution in [0, 0.1) is 5.92 Å². The molecule has 33 heavy (non-hydrogen) atoms. The van der Waals surface area contributed by atoms with E-state index in [0.29, 0.717) is 18.7 Å². The van der Waals surface area contributed by atoms with Gasteiger partial charge in [0, 0.05) is 42.3 Å². The fraction of sp³-hybridized carbons (Fsp3) is 0.320. The number of hydrogen-bond donors (Lipinski definition) is 3. The van der Waals surface area contributed by atoms with Crippen LogP contribution in [0.2, 0.25) is 0 Å². The van der Waals surface area contributed by atoms with Crippen LogP contribution in [0.1, 0.15) is 18.9 Å². The molecule has 3 N–H and O–H groups in total. The predicted octanol–water partition coefficient (Wildman–Crippen LogP) is 2.39. The third-order valence-electron chi connectivity index (χ3n) is 6.00. The predicted molar refractivity (Wildman–Crippen MR) is 126 cm³/mol. The quantitative estimate of drug-likeness (QED) is 0.492. The number of nitrogens with zero attached hydrogens (tertiary/aromatic N) is 1. The summed E-state index contributed by atoms with van der Waals surface area (Å²) >= 11 is 0. The molecule has 0 spiro atoms. The third-order valence-corrected chi connectivity index (χ3v) is 6.00. The highest BCUT2D eigenvalue weighted by atomic mass is 16.5. The molecule has 1 fully saturated rings. The van der Waals surface area contributed by atoms with Gasteiger partial charge in [0.25, 0.3) is 0 Å². The minimum atomic E-state index is -0.689. The van der Waals surface area contributed by atoms with Crippen LogP contribution in [0.25, 0.3) is 10.9 Å². The Hall–Kier alpha value is -3.81. The van der Waals surface area contributed by atoms with Crippen LogP contribution in [0.5, 0.6) is 5.75 Å². The molecule has 2 heterocycles. The Kier molecular flexibility index (Phi) is 6.63. The maximum atomic E-state index is 12.7. The standard InChI is InChI=1S/C25H28N4O4/c1-16(24(31)26-12-11-17-14-27-22-6-4-3-5-21(17)22)28-25(32)18-13-23(30)29(15-18)19-7-9-20(33-2)10-8-19/h3-10,14,16,18,27H,11-13,15H2,1-2H3,(H,26,31)(H,28,32). The largest absolute Gasteiger partial charge is 0.497 e. The molecule has 8 nitrogen and oxygen atoms in total. The molecule has 3 aromatic rings. The second-order valence-electron chi connectivity index (χ2n) is 8.23. The van der Waals surface area contributed by atoms with Crippen molar-refractivity contribution in [3.05, 3.63) is 60.3 Å². The second kappa shape index (κ2) is 9.77. The SMILES string of the molecule is COc1ccc(N2CC(C(=O)NC(C)C(=O)NCCc3c[nH]c4ccccc34)CC2=O)cc1. The Labute approximate surface area is 192 Å². The first kappa shape index (κ1) is 22.4. The first-order valence-electron chi connectivity index (χ1n) is 11.0. The molecule has 0 saturated carbocycles. The van der Waals surface area contributed by atoms with Crippen LogP contribution in [-0.2, 0) is 20.8 Å². The smallest absolute Gasteiger partial charge is 0.242 e. The van der Waals surface area contributed by atoms with E-state index in [1.54, 1.807) is 43.2 Å². The summed E-state index contributed by atoms with van der Waals surface area (Å²) in [6, 6.07) is 14.5. The van der Waals surface area contributed by atoms with Gasteiger partial charge in [-0.3, -0.25) is 14.4 Å². The summed E-state index contributed by atoms with van der Waals surface area (Å²) in [5.41, 5.74) is 2.92. The highest BCUT2D eigenvalue weighted by molar-refractivity contribution is 6.01. The summed E-state index contributed by atoms with van der Waals surface area (Å²) in [7, 11) is 1.58. The molecular formula is C25H28N4O4. The lowest BCUT2D eigenvalue weighted by molar-refractivity contribution is -0.130. The Morgan fingerprint density at radius 1 is 1.18 bits per heavy atom. The number of aromatic amines is 1. The number of amides is 3. The number of ether oxygens (including phenoxy) is 1. The summed E-state index contributed by atoms with van der Waals surface area (Å²) in [6.45, 7) is 2.40. The summed E-state index contributed by atoms with van der Waals surface area (Å²) in [6.07, 6.45) is 2.75. The zero-order chi connectivity index (χ0) is 23.4. The van der Waals surface area contributed by atoms with E-state index in [2.05, 4.69) is 15.6 Å². The Morgan fingerprint density at radius 2 is 1.94 bits per heavy atom. The minimum Gasteiger partial charge on any atom is -0.497 e. The lowest BCUT2D eigenvalue weighted by Gasteiger charge is -2.18. The van der Waals surface area contributed by atoms with E-state index in [1.807, 2.05) is 30.5 Å². The number of benzene rings is 2. The van der Waals surface area contributed by atoms with Gasteiger partial charge in [-0.25, -0.2) is 0 Å². The Morgan fingerprint density at radius 3 is 2.70 bits per heavy atom. The summed E-state index contributed by atoms with van der Waals surface area (Å²) in [5.74, 6) is -0.459. The molecule has 0 radical (unpaired) electrons. The normalized spacial score (nSPS) is 16.6. The fourth-order valence-electron chi connectivity index (χ4n) is 4.10. The minimum absolute atomic E-state index is 0.115. The number of anilines is 1. The highest BCUT2D eigenvalue weighted by Gasteiger charge is 2.36. The number of H-pyrrole nitrogens is 1. The maximum absolute atomic E-state index is 12.7. The van der Waals surface area contributed by atoms with Crippen molar-refractivity contribution in [2.45, 2.75) is 25.8 Å². The van der Waals surface area contributed by atoms with Crippen LogP contribution < -0.4 is 20.3 Å². The van der Waals surface area contributed by atoms with Crippen molar-refractivity contribution in [2.75, 3.05) is 25.1 Å². The van der Waals surface area contributed by atoms with Gasteiger partial charge < -0.3 is 25.3 Å². The second-order valence-corrected chi connectivity index (χ2v) is 8.23. The molecule has 2 unspecified atom stereocenters. The van der Waals surface area contributed by atoms with Crippen LogP contribution >= 0.6 is 0 Å². The van der Waals surface area contributed by atoms with E-state index in [0.717, 1.165) is 22.2 Å². The van der Waals surface area contributed by atoms with Crippen LogP contribution in [0.4, 0.5) is 5.69 Å². The van der Waals surface area contributed by atoms with Crippen molar-refractivity contribution < 1.29 is 19.1 Å². The van der Waals surface area contributed by atoms with Crippen molar-refractivity contribution in [3.8, 4) is 5.75 Å². The first-order chi connectivity index (χ1) is 16.0. The highest BCUT2D eigenvalue weighted by Crippen LogP contribution is 2.27. The number of methoxy groups -OCH3 is 1. The van der Waals surface area contributed by atoms with Gasteiger partial charge in [0.2, 0.25) is 17.7 Å². The Bertz CT molecular complexity index is 1150. The maximum Gasteiger partial charge on any atom is 0.242 e. The van der Waals surface area contributed by atoms with E-state index in [1.165, 1.54) is 0 Å². The third kappa shape index (κ3) is 5.00. The topological polar surface area (TPSA) is 104 Å². The van der Waals surface area contributed by atoms with Gasteiger partial charge >= 0.3 is 0 Å². The average molecular weight is 449 g/mol. The number of fused-ring (bicyclic) bond motifs is 1. The zero-order valence-corrected chi connectivity index (χ0v) is 18.8. The van der Waals surface area contributed by atoms with Gasteiger partial charge in [0.1, 0.15) is 11.8 Å². The van der Waals surface area contributed by atoms with Crippen LogP contribution in [0.3, 0.4) is 0 Å². The fourth-order valence-corrected chi connectivity index (χ4v) is 4.10. The molecule has 0 bridgehead atoms. The molecule has 0 aliphatic carbocycles. The van der Waals surface area contributed by atoms with Crippen LogP contribution in [0.15, 0.2) is 54.7 Å². The zero-order valence-electron chi connectivity index (χ0n) is 18.8. The molecule has 1 aliphatic rings. The van der Waals surface area contributed by atoms with Gasteiger partial charge in [0.05, 0.1) is 13.0 Å². The molecule has 2 atom stereocenters. The lowest BCUT2D eigenvalue weighted by Crippen LogP contribution is -2.47. The number of aromatic nitrogens is 1. The van der Waals surface area contributed by atoms with E-state index in [9.17, 15) is 14.4 Å². The van der Waals surface area contributed by atoms with Gasteiger partial charge in [-0.2, -0.15) is 0 Å². The molecule has 2 aromatic carbocycles. The number of hydrogen-bond acceptors (Lipinski definition) is 4.